The summed E-state index contributed by atoms with van der Waals surface area (Å²) < 4.78 is 0. The lowest BCUT2D eigenvalue weighted by Crippen LogP contribution is -2.05. The summed E-state index contributed by atoms with van der Waals surface area (Å²) in [6.45, 7) is 1.37. The van der Waals surface area contributed by atoms with Crippen molar-refractivity contribution in [2.24, 2.45) is 0 Å². The minimum absolute atomic E-state index is 0.675. The van der Waals surface area contributed by atoms with E-state index in [1.54, 1.807) is 24.9 Å². The van der Waals surface area contributed by atoms with Gasteiger partial charge >= 0.3 is 0 Å². The van der Waals surface area contributed by atoms with Crippen LogP contribution in [-0.2, 0) is 13.1 Å². The molecule has 0 bridgehead atoms. The van der Waals surface area contributed by atoms with Crippen molar-refractivity contribution < 1.29 is 0 Å². The monoisotopic (exact) mass is 292 g/mol. The number of rotatable bonds is 6. The average Bonchev–Trinajstić information content (AvgIpc) is 2.60. The fourth-order valence-electron chi connectivity index (χ4n) is 1.94. The fourth-order valence-corrected chi connectivity index (χ4v) is 1.94. The summed E-state index contributed by atoms with van der Waals surface area (Å²) in [5.74, 6) is 1.55. The molecule has 22 heavy (non-hydrogen) atoms. The first-order valence-corrected chi connectivity index (χ1v) is 6.98. The van der Waals surface area contributed by atoms with Crippen molar-refractivity contribution >= 4 is 11.6 Å². The van der Waals surface area contributed by atoms with E-state index in [-0.39, 0.29) is 0 Å². The van der Waals surface area contributed by atoms with Crippen LogP contribution < -0.4 is 10.6 Å². The predicted octanol–water partition coefficient (Wildman–Crippen LogP) is 2.49. The van der Waals surface area contributed by atoms with Crippen LogP contribution in [0.3, 0.4) is 0 Å². The molecular weight excluding hydrogens is 276 g/mol. The van der Waals surface area contributed by atoms with Crippen LogP contribution in [0.15, 0.2) is 61.4 Å². The van der Waals surface area contributed by atoms with E-state index in [0.717, 1.165) is 22.8 Å². The van der Waals surface area contributed by atoms with Crippen LogP contribution in [0.2, 0.25) is 0 Å². The molecule has 0 saturated carbocycles. The summed E-state index contributed by atoms with van der Waals surface area (Å²) in [6.07, 6.45) is 8.68. The maximum Gasteiger partial charge on any atom is 0.131 e. The van der Waals surface area contributed by atoms with E-state index in [1.165, 1.54) is 0 Å². The van der Waals surface area contributed by atoms with Crippen LogP contribution in [0, 0.1) is 0 Å². The van der Waals surface area contributed by atoms with Gasteiger partial charge in [-0.1, -0.05) is 6.07 Å². The molecular formula is C16H16N6. The first-order valence-electron chi connectivity index (χ1n) is 6.98. The third-order valence-electron chi connectivity index (χ3n) is 3.09. The summed E-state index contributed by atoms with van der Waals surface area (Å²) in [4.78, 5) is 16.5. The Balaban J connectivity index is 1.58. The first kappa shape index (κ1) is 13.9. The summed E-state index contributed by atoms with van der Waals surface area (Å²) in [5.41, 5.74) is 2.26. The van der Waals surface area contributed by atoms with Crippen LogP contribution in [0.5, 0.6) is 0 Å². The summed E-state index contributed by atoms with van der Waals surface area (Å²) in [6, 6.07) is 9.76. The van der Waals surface area contributed by atoms with Crippen LogP contribution in [0.4, 0.5) is 11.6 Å². The molecule has 0 radical (unpaired) electrons. The van der Waals surface area contributed by atoms with Gasteiger partial charge in [0.2, 0.25) is 0 Å². The third kappa shape index (κ3) is 3.99. The van der Waals surface area contributed by atoms with E-state index < -0.39 is 0 Å². The molecule has 0 fully saturated rings. The maximum absolute atomic E-state index is 4.22. The van der Waals surface area contributed by atoms with Gasteiger partial charge in [-0.2, -0.15) is 0 Å². The van der Waals surface area contributed by atoms with Gasteiger partial charge in [0.15, 0.2) is 0 Å². The zero-order chi connectivity index (χ0) is 15.0. The molecule has 3 aromatic rings. The van der Waals surface area contributed by atoms with Gasteiger partial charge in [-0.3, -0.25) is 9.97 Å². The molecule has 6 nitrogen and oxygen atoms in total. The Morgan fingerprint density at radius 2 is 1.50 bits per heavy atom. The maximum atomic E-state index is 4.22. The molecule has 0 atom stereocenters. The molecule has 3 heterocycles. The Morgan fingerprint density at radius 3 is 2.18 bits per heavy atom. The van der Waals surface area contributed by atoms with Crippen molar-refractivity contribution in [1.29, 1.82) is 0 Å². The normalized spacial score (nSPS) is 10.2. The summed E-state index contributed by atoms with van der Waals surface area (Å²) in [7, 11) is 0. The van der Waals surface area contributed by atoms with Crippen molar-refractivity contribution in [3.05, 3.63) is 72.6 Å². The van der Waals surface area contributed by atoms with Gasteiger partial charge in [-0.05, 0) is 29.3 Å². The average molecular weight is 292 g/mol. The smallest absolute Gasteiger partial charge is 0.131 e. The number of hydrogen-bond donors (Lipinski definition) is 2. The second-order valence-electron chi connectivity index (χ2n) is 4.71. The van der Waals surface area contributed by atoms with E-state index in [0.29, 0.717) is 13.1 Å². The molecule has 0 amide bonds. The first-order chi connectivity index (χ1) is 10.9. The van der Waals surface area contributed by atoms with Crippen molar-refractivity contribution in [1.82, 2.24) is 19.9 Å². The lowest BCUT2D eigenvalue weighted by atomic mass is 10.3. The molecule has 0 spiro atoms. The number of pyridine rings is 2. The molecule has 0 aliphatic carbocycles. The molecule has 0 aliphatic rings. The molecule has 3 aromatic heterocycles. The summed E-state index contributed by atoms with van der Waals surface area (Å²) in [5, 5.41) is 6.53. The van der Waals surface area contributed by atoms with Crippen LogP contribution in [0.25, 0.3) is 0 Å². The van der Waals surface area contributed by atoms with Crippen LogP contribution in [-0.4, -0.2) is 19.9 Å². The minimum Gasteiger partial charge on any atom is -0.366 e. The SMILES string of the molecule is c1cncc(CNc2cc(NCc3ccncc3)ncn2)c1. The van der Waals surface area contributed by atoms with Crippen molar-refractivity contribution in [3.8, 4) is 0 Å². The van der Waals surface area contributed by atoms with Gasteiger partial charge in [-0.25, -0.2) is 9.97 Å². The van der Waals surface area contributed by atoms with Gasteiger partial charge in [-0.15, -0.1) is 0 Å². The molecule has 3 rings (SSSR count). The van der Waals surface area contributed by atoms with E-state index in [4.69, 9.17) is 0 Å². The highest BCUT2D eigenvalue weighted by molar-refractivity contribution is 5.46. The van der Waals surface area contributed by atoms with Gasteiger partial charge in [0.1, 0.15) is 18.0 Å². The van der Waals surface area contributed by atoms with Gasteiger partial charge in [0.05, 0.1) is 0 Å². The van der Waals surface area contributed by atoms with Crippen molar-refractivity contribution in [3.63, 3.8) is 0 Å². The molecule has 0 unspecified atom stereocenters. The Bertz CT molecular complexity index is 643. The summed E-state index contributed by atoms with van der Waals surface area (Å²) >= 11 is 0. The van der Waals surface area contributed by atoms with E-state index >= 15 is 0 Å². The number of aromatic nitrogens is 4. The Kier molecular flexibility index (Phi) is 4.51. The largest absolute Gasteiger partial charge is 0.366 e. The van der Waals surface area contributed by atoms with E-state index in [2.05, 4.69) is 30.6 Å². The molecule has 6 heteroatoms. The number of hydrogen-bond acceptors (Lipinski definition) is 6. The lowest BCUT2D eigenvalue weighted by Gasteiger charge is -2.08. The molecule has 0 aliphatic heterocycles. The van der Waals surface area contributed by atoms with Crippen molar-refractivity contribution in [2.75, 3.05) is 10.6 Å². The van der Waals surface area contributed by atoms with Crippen molar-refractivity contribution in [2.45, 2.75) is 13.1 Å². The quantitative estimate of drug-likeness (QED) is 0.727. The number of nitrogens with one attached hydrogen (secondary N) is 2. The predicted molar refractivity (Wildman–Crippen MR) is 85.2 cm³/mol. The number of anilines is 2. The molecule has 0 aromatic carbocycles. The second kappa shape index (κ2) is 7.12. The Labute approximate surface area is 128 Å². The molecule has 110 valence electrons. The van der Waals surface area contributed by atoms with Gasteiger partial charge < -0.3 is 10.6 Å². The highest BCUT2D eigenvalue weighted by Gasteiger charge is 1.99. The lowest BCUT2D eigenvalue weighted by molar-refractivity contribution is 1.04. The van der Waals surface area contributed by atoms with Crippen LogP contribution in [0.1, 0.15) is 11.1 Å². The zero-order valence-corrected chi connectivity index (χ0v) is 12.0. The van der Waals surface area contributed by atoms with Gasteiger partial charge in [0, 0.05) is 43.9 Å². The van der Waals surface area contributed by atoms with Crippen LogP contribution >= 0.6 is 0 Å². The molecule has 0 saturated heterocycles. The highest BCUT2D eigenvalue weighted by Crippen LogP contribution is 2.11. The Hall–Kier alpha value is -3.02. The second-order valence-corrected chi connectivity index (χ2v) is 4.71. The number of nitrogens with zero attached hydrogens (tertiary/aromatic N) is 4. The standard InChI is InChI=1S/C16H16N6/c1-2-14(9-18-5-1)11-20-16-8-15(21-12-22-16)19-10-13-3-6-17-7-4-13/h1-9,12H,10-11H2,(H2,19,20,21,22). The highest BCUT2D eigenvalue weighted by atomic mass is 15.1. The molecule has 2 N–H and O–H groups in total. The minimum atomic E-state index is 0.675. The van der Waals surface area contributed by atoms with E-state index in [1.807, 2.05) is 36.5 Å². The zero-order valence-electron chi connectivity index (χ0n) is 12.0. The van der Waals surface area contributed by atoms with Gasteiger partial charge in [0.25, 0.3) is 0 Å². The van der Waals surface area contributed by atoms with E-state index in [9.17, 15) is 0 Å². The topological polar surface area (TPSA) is 75.6 Å². The fraction of sp³-hybridized carbons (Fsp3) is 0.125. The Morgan fingerprint density at radius 1 is 0.773 bits per heavy atom. The third-order valence-corrected chi connectivity index (χ3v) is 3.09.